The van der Waals surface area contributed by atoms with Gasteiger partial charge in [-0.3, -0.25) is 0 Å². The lowest BCUT2D eigenvalue weighted by Crippen LogP contribution is -2.01. The molecule has 1 heterocycles. The monoisotopic (exact) mass is 326 g/mol. The van der Waals surface area contributed by atoms with Crippen molar-refractivity contribution in [1.82, 2.24) is 4.98 Å². The number of phenolic OH excluding ortho intramolecular Hbond substituents is 1. The molecule has 0 aliphatic rings. The van der Waals surface area contributed by atoms with E-state index in [0.29, 0.717) is 22.6 Å². The average molecular weight is 327 g/mol. The molecule has 1 aromatic carbocycles. The van der Waals surface area contributed by atoms with Crippen LogP contribution in [0.4, 0.5) is 10.1 Å². The molecule has 2 rings (SSSR count). The van der Waals surface area contributed by atoms with Gasteiger partial charge in [0.15, 0.2) is 0 Å². The van der Waals surface area contributed by atoms with Gasteiger partial charge in [-0.2, -0.15) is 0 Å². The van der Waals surface area contributed by atoms with E-state index in [4.69, 9.17) is 4.74 Å². The maximum absolute atomic E-state index is 13.1. The van der Waals surface area contributed by atoms with Crippen molar-refractivity contribution in [3.8, 4) is 11.6 Å². The Morgan fingerprint density at radius 3 is 2.89 bits per heavy atom. The van der Waals surface area contributed by atoms with Gasteiger partial charge in [-0.05, 0) is 40.2 Å². The first kappa shape index (κ1) is 13.6. The normalized spacial score (nSPS) is 10.3. The molecule has 0 radical (unpaired) electrons. The highest BCUT2D eigenvalue weighted by atomic mass is 79.9. The zero-order chi connectivity index (χ0) is 13.8. The van der Waals surface area contributed by atoms with Crippen LogP contribution in [0.2, 0.25) is 0 Å². The van der Waals surface area contributed by atoms with Crippen molar-refractivity contribution >= 4 is 21.6 Å². The molecule has 19 heavy (non-hydrogen) atoms. The minimum Gasteiger partial charge on any atom is -0.508 e. The van der Waals surface area contributed by atoms with Crippen molar-refractivity contribution in [2.24, 2.45) is 0 Å². The van der Waals surface area contributed by atoms with Crippen molar-refractivity contribution in [1.29, 1.82) is 0 Å². The molecule has 0 amide bonds. The van der Waals surface area contributed by atoms with Crippen LogP contribution in [-0.2, 0) is 6.54 Å². The van der Waals surface area contributed by atoms with Gasteiger partial charge in [-0.15, -0.1) is 0 Å². The summed E-state index contributed by atoms with van der Waals surface area (Å²) in [7, 11) is 1.52. The van der Waals surface area contributed by atoms with Gasteiger partial charge in [-0.1, -0.05) is 0 Å². The van der Waals surface area contributed by atoms with Crippen LogP contribution < -0.4 is 10.1 Å². The van der Waals surface area contributed by atoms with Gasteiger partial charge in [0.25, 0.3) is 0 Å². The third-order valence-electron chi connectivity index (χ3n) is 2.50. The van der Waals surface area contributed by atoms with Crippen molar-refractivity contribution < 1.29 is 14.2 Å². The minimum atomic E-state index is -0.386. The zero-order valence-electron chi connectivity index (χ0n) is 10.2. The topological polar surface area (TPSA) is 54.4 Å². The largest absolute Gasteiger partial charge is 0.508 e. The number of phenols is 1. The van der Waals surface area contributed by atoms with E-state index < -0.39 is 0 Å². The second-order valence-electron chi connectivity index (χ2n) is 3.85. The van der Waals surface area contributed by atoms with Crippen molar-refractivity contribution in [3.63, 3.8) is 0 Å². The number of aromatic hydroxyl groups is 1. The van der Waals surface area contributed by atoms with Gasteiger partial charge in [0, 0.05) is 23.9 Å². The highest BCUT2D eigenvalue weighted by molar-refractivity contribution is 9.10. The molecule has 0 aliphatic carbocycles. The molecule has 0 fully saturated rings. The number of pyridine rings is 1. The number of ether oxygens (including phenoxy) is 1. The molecular formula is C13H12BrFN2O2. The highest BCUT2D eigenvalue weighted by Crippen LogP contribution is 2.23. The quantitative estimate of drug-likeness (QED) is 0.846. The molecule has 6 heteroatoms. The summed E-state index contributed by atoms with van der Waals surface area (Å²) in [4.78, 5) is 4.08. The summed E-state index contributed by atoms with van der Waals surface area (Å²) in [6.45, 7) is 0.295. The second kappa shape index (κ2) is 5.88. The molecule has 1 aromatic heterocycles. The number of hydrogen-bond acceptors (Lipinski definition) is 4. The lowest BCUT2D eigenvalue weighted by molar-refractivity contribution is 0.397. The van der Waals surface area contributed by atoms with Crippen LogP contribution in [0, 0.1) is 5.82 Å². The van der Waals surface area contributed by atoms with E-state index in [1.54, 1.807) is 12.1 Å². The molecule has 0 spiro atoms. The van der Waals surface area contributed by atoms with E-state index >= 15 is 0 Å². The van der Waals surface area contributed by atoms with E-state index in [0.717, 1.165) is 5.69 Å². The molecule has 0 bridgehead atoms. The predicted molar refractivity (Wildman–Crippen MR) is 73.9 cm³/mol. The van der Waals surface area contributed by atoms with Gasteiger partial charge in [-0.25, -0.2) is 9.37 Å². The third kappa shape index (κ3) is 3.57. The van der Waals surface area contributed by atoms with E-state index in [2.05, 4.69) is 26.2 Å². The van der Waals surface area contributed by atoms with Crippen LogP contribution in [-0.4, -0.2) is 17.2 Å². The molecule has 100 valence electrons. The zero-order valence-corrected chi connectivity index (χ0v) is 11.7. The molecule has 4 nitrogen and oxygen atoms in total. The second-order valence-corrected chi connectivity index (χ2v) is 4.66. The van der Waals surface area contributed by atoms with Crippen LogP contribution in [0.3, 0.4) is 0 Å². The molecule has 0 saturated carbocycles. The van der Waals surface area contributed by atoms with Crippen molar-refractivity contribution in [2.45, 2.75) is 6.54 Å². The SMILES string of the molecule is COc1cc(NCc2cc(F)ccc2O)cc(Br)n1. The minimum absolute atomic E-state index is 0.0500. The van der Waals surface area contributed by atoms with Gasteiger partial charge in [0.2, 0.25) is 5.88 Å². The van der Waals surface area contributed by atoms with Crippen LogP contribution in [0.1, 0.15) is 5.56 Å². The van der Waals surface area contributed by atoms with Gasteiger partial charge in [0.05, 0.1) is 7.11 Å². The fourth-order valence-corrected chi connectivity index (χ4v) is 1.99. The van der Waals surface area contributed by atoms with Crippen LogP contribution >= 0.6 is 15.9 Å². The lowest BCUT2D eigenvalue weighted by atomic mass is 10.2. The van der Waals surface area contributed by atoms with Gasteiger partial charge in [0.1, 0.15) is 16.2 Å². The van der Waals surface area contributed by atoms with Gasteiger partial charge >= 0.3 is 0 Å². The summed E-state index contributed by atoms with van der Waals surface area (Å²) in [5, 5.41) is 12.7. The summed E-state index contributed by atoms with van der Waals surface area (Å²) < 4.78 is 18.7. The Hall–Kier alpha value is -1.82. The summed E-state index contributed by atoms with van der Waals surface area (Å²) in [5.74, 6) is 0.123. The van der Waals surface area contributed by atoms with Crippen LogP contribution in [0.15, 0.2) is 34.9 Å². The van der Waals surface area contributed by atoms with Gasteiger partial charge < -0.3 is 15.2 Å². The Labute approximate surface area is 118 Å². The first-order chi connectivity index (χ1) is 9.08. The molecule has 0 aliphatic heterocycles. The summed E-state index contributed by atoms with van der Waals surface area (Å²) in [6, 6.07) is 7.30. The standard InChI is InChI=1S/C13H12BrFN2O2/c1-19-13-6-10(5-12(14)17-13)16-7-8-4-9(15)2-3-11(8)18/h2-6,18H,7H2,1H3,(H,16,17). The Kier molecular flexibility index (Phi) is 4.21. The Morgan fingerprint density at radius 2 is 2.16 bits per heavy atom. The van der Waals surface area contributed by atoms with Crippen LogP contribution in [0.25, 0.3) is 0 Å². The number of anilines is 1. The summed E-state index contributed by atoms with van der Waals surface area (Å²) in [6.07, 6.45) is 0. The molecule has 0 atom stereocenters. The average Bonchev–Trinajstić information content (AvgIpc) is 2.39. The number of methoxy groups -OCH3 is 1. The maximum Gasteiger partial charge on any atom is 0.216 e. The smallest absolute Gasteiger partial charge is 0.216 e. The van der Waals surface area contributed by atoms with E-state index in [9.17, 15) is 9.50 Å². The fraction of sp³-hybridized carbons (Fsp3) is 0.154. The number of benzene rings is 1. The Balaban J connectivity index is 2.14. The first-order valence-corrected chi connectivity index (χ1v) is 6.30. The number of halogens is 2. The van der Waals surface area contributed by atoms with E-state index in [1.807, 2.05) is 0 Å². The summed E-state index contributed by atoms with van der Waals surface area (Å²) in [5.41, 5.74) is 1.23. The molecule has 0 unspecified atom stereocenters. The number of nitrogens with one attached hydrogen (secondary N) is 1. The number of nitrogens with zero attached hydrogens (tertiary/aromatic N) is 1. The lowest BCUT2D eigenvalue weighted by Gasteiger charge is -2.09. The maximum atomic E-state index is 13.1. The number of rotatable bonds is 4. The molecule has 0 saturated heterocycles. The third-order valence-corrected chi connectivity index (χ3v) is 2.91. The summed E-state index contributed by atoms with van der Waals surface area (Å²) >= 11 is 3.27. The molecular weight excluding hydrogens is 315 g/mol. The van der Waals surface area contributed by atoms with Crippen molar-refractivity contribution in [2.75, 3.05) is 12.4 Å². The highest BCUT2D eigenvalue weighted by Gasteiger charge is 2.05. The fourth-order valence-electron chi connectivity index (χ4n) is 1.57. The molecule has 2 N–H and O–H groups in total. The Morgan fingerprint density at radius 1 is 1.37 bits per heavy atom. The molecule has 2 aromatic rings. The van der Waals surface area contributed by atoms with E-state index in [-0.39, 0.29) is 11.6 Å². The van der Waals surface area contributed by atoms with Crippen molar-refractivity contribution in [3.05, 3.63) is 46.3 Å². The number of hydrogen-bond donors (Lipinski definition) is 2. The van der Waals surface area contributed by atoms with E-state index in [1.165, 1.54) is 25.3 Å². The van der Waals surface area contributed by atoms with Crippen LogP contribution in [0.5, 0.6) is 11.6 Å². The predicted octanol–water partition coefficient (Wildman–Crippen LogP) is 3.31. The number of aromatic nitrogens is 1. The first-order valence-electron chi connectivity index (χ1n) is 5.51. The Bertz CT molecular complexity index is 593.